The molecule has 0 heterocycles. The third-order valence-corrected chi connectivity index (χ3v) is 3.80. The van der Waals surface area contributed by atoms with Crippen LogP contribution >= 0.6 is 12.2 Å². The first-order valence-corrected chi connectivity index (χ1v) is 9.42. The molecule has 6 heteroatoms. The molecule has 0 spiro atoms. The lowest BCUT2D eigenvalue weighted by Gasteiger charge is -2.22. The van der Waals surface area contributed by atoms with Gasteiger partial charge in [-0.2, -0.15) is 0 Å². The third-order valence-electron chi connectivity index (χ3n) is 3.70. The van der Waals surface area contributed by atoms with Crippen molar-refractivity contribution in [2.45, 2.75) is 27.2 Å². The quantitative estimate of drug-likeness (QED) is 0.500. The van der Waals surface area contributed by atoms with E-state index in [4.69, 9.17) is 21.7 Å². The van der Waals surface area contributed by atoms with E-state index in [0.29, 0.717) is 30.5 Å². The number of hydrogen-bond acceptors (Lipinski definition) is 4. The van der Waals surface area contributed by atoms with Crippen LogP contribution in [0.2, 0.25) is 0 Å². The summed E-state index contributed by atoms with van der Waals surface area (Å²) in [6.45, 7) is 7.37. The monoisotopic (exact) mass is 386 g/mol. The minimum atomic E-state index is -0.447. The number of thiocarbonyl (C=S) groups is 1. The number of nitrogens with one attached hydrogen (secondary N) is 1. The van der Waals surface area contributed by atoms with Crippen molar-refractivity contribution >= 4 is 34.7 Å². The van der Waals surface area contributed by atoms with E-state index in [2.05, 4.69) is 12.2 Å². The normalized spacial score (nSPS) is 10.3. The second kappa shape index (κ2) is 10.6. The van der Waals surface area contributed by atoms with Crippen molar-refractivity contribution in [2.24, 2.45) is 0 Å². The maximum Gasteiger partial charge on any atom is 0.419 e. The van der Waals surface area contributed by atoms with Crippen molar-refractivity contribution < 1.29 is 14.3 Å². The molecule has 0 aliphatic heterocycles. The summed E-state index contributed by atoms with van der Waals surface area (Å²) >= 11 is 5.05. The van der Waals surface area contributed by atoms with Gasteiger partial charge in [0.2, 0.25) is 0 Å². The summed E-state index contributed by atoms with van der Waals surface area (Å²) in [6.07, 6.45) is 0.491. The predicted molar refractivity (Wildman–Crippen MR) is 114 cm³/mol. The zero-order chi connectivity index (χ0) is 19.6. The molecule has 1 N–H and O–H groups in total. The van der Waals surface area contributed by atoms with Crippen molar-refractivity contribution in [3.63, 3.8) is 0 Å². The first-order chi connectivity index (χ1) is 13.0. The van der Waals surface area contributed by atoms with Gasteiger partial charge in [-0.1, -0.05) is 37.3 Å². The van der Waals surface area contributed by atoms with E-state index in [1.165, 1.54) is 0 Å². The summed E-state index contributed by atoms with van der Waals surface area (Å²) in [5.74, 6) is 0.452. The zero-order valence-corrected chi connectivity index (χ0v) is 16.8. The molecule has 2 aromatic rings. The molecule has 0 saturated carbocycles. The molecule has 27 heavy (non-hydrogen) atoms. The summed E-state index contributed by atoms with van der Waals surface area (Å²) in [5.41, 5.74) is 2.63. The van der Waals surface area contributed by atoms with Crippen LogP contribution in [-0.4, -0.2) is 30.8 Å². The molecule has 0 saturated heterocycles. The minimum Gasteiger partial charge on any atom is -0.410 e. The van der Waals surface area contributed by atoms with Crippen LogP contribution in [0, 0.1) is 6.92 Å². The number of rotatable bonds is 8. The number of benzene rings is 2. The van der Waals surface area contributed by atoms with Crippen LogP contribution in [0.15, 0.2) is 48.5 Å². The van der Waals surface area contributed by atoms with Crippen LogP contribution in [0.4, 0.5) is 16.2 Å². The molecule has 0 bridgehead atoms. The Kier molecular flexibility index (Phi) is 8.23. The Labute approximate surface area is 166 Å². The average molecular weight is 387 g/mol. The van der Waals surface area contributed by atoms with E-state index in [-0.39, 0.29) is 0 Å². The van der Waals surface area contributed by atoms with E-state index < -0.39 is 6.09 Å². The maximum atomic E-state index is 12.8. The molecule has 0 aliphatic carbocycles. The van der Waals surface area contributed by atoms with Gasteiger partial charge in [0.25, 0.3) is 0 Å². The number of ether oxygens (including phenoxy) is 2. The molecule has 144 valence electrons. The third kappa shape index (κ3) is 7.00. The van der Waals surface area contributed by atoms with Gasteiger partial charge in [-0.25, -0.2) is 4.79 Å². The predicted octanol–water partition coefficient (Wildman–Crippen LogP) is 5.19. The number of hydrogen-bond donors (Lipinski definition) is 1. The van der Waals surface area contributed by atoms with Crippen molar-refractivity contribution in [2.75, 3.05) is 30.0 Å². The molecule has 0 fully saturated rings. The summed E-state index contributed by atoms with van der Waals surface area (Å²) < 4.78 is 11.2. The molecule has 2 rings (SSSR count). The topological polar surface area (TPSA) is 50.8 Å². The molecule has 5 nitrogen and oxygen atoms in total. The van der Waals surface area contributed by atoms with Gasteiger partial charge in [-0.3, -0.25) is 4.90 Å². The highest BCUT2D eigenvalue weighted by atomic mass is 32.1. The number of carbonyl (C=O) groups is 1. The summed E-state index contributed by atoms with van der Waals surface area (Å²) in [7, 11) is 0. The summed E-state index contributed by atoms with van der Waals surface area (Å²) in [5, 5.41) is 3.04. The number of carbonyl (C=O) groups excluding carboxylic acids is 1. The molecule has 0 radical (unpaired) electrons. The highest BCUT2D eigenvalue weighted by Gasteiger charge is 2.18. The van der Waals surface area contributed by atoms with Crippen LogP contribution in [0.3, 0.4) is 0 Å². The highest BCUT2D eigenvalue weighted by Crippen LogP contribution is 2.21. The number of amides is 1. The molecule has 2 aromatic carbocycles. The fourth-order valence-corrected chi connectivity index (χ4v) is 2.64. The minimum absolute atomic E-state index is 0.416. The summed E-state index contributed by atoms with van der Waals surface area (Å²) in [6, 6.07) is 14.9. The van der Waals surface area contributed by atoms with E-state index in [1.54, 1.807) is 24.0 Å². The van der Waals surface area contributed by atoms with Crippen LogP contribution in [0.1, 0.15) is 25.8 Å². The number of nitrogens with zero attached hydrogens (tertiary/aromatic N) is 1. The molecular formula is C21H26N2O3S. The first kappa shape index (κ1) is 20.9. The van der Waals surface area contributed by atoms with Gasteiger partial charge >= 0.3 is 6.09 Å². The molecule has 0 unspecified atom stereocenters. The lowest BCUT2D eigenvalue weighted by atomic mass is 10.2. The van der Waals surface area contributed by atoms with Gasteiger partial charge in [-0.15, -0.1) is 0 Å². The van der Waals surface area contributed by atoms with Crippen molar-refractivity contribution in [1.29, 1.82) is 0 Å². The first-order valence-electron chi connectivity index (χ1n) is 9.01. The Bertz CT molecular complexity index is 780. The lowest BCUT2D eigenvalue weighted by molar-refractivity contribution is 0.139. The number of aryl methyl sites for hydroxylation is 1. The second-order valence-corrected chi connectivity index (χ2v) is 6.79. The van der Waals surface area contributed by atoms with Gasteiger partial charge in [0.15, 0.2) is 0 Å². The Morgan fingerprint density at radius 3 is 2.63 bits per heavy atom. The van der Waals surface area contributed by atoms with Crippen LogP contribution in [0.5, 0.6) is 5.75 Å². The maximum absolute atomic E-state index is 12.8. The van der Waals surface area contributed by atoms with Crippen LogP contribution in [-0.2, 0) is 4.74 Å². The standard InChI is InChI=1S/C21H26N2O3S/c1-4-12-25-13-11-23(19-9-5-7-16(2)14-19)21(24)26-20-10-6-8-18(15-20)22-17(3)27/h5-10,14-15H,4,11-13H2,1-3H3,(H,22,27). The van der Waals surface area contributed by atoms with Gasteiger partial charge in [0.05, 0.1) is 18.1 Å². The van der Waals surface area contributed by atoms with E-state index >= 15 is 0 Å². The lowest BCUT2D eigenvalue weighted by Crippen LogP contribution is -2.36. The fraction of sp³-hybridized carbons (Fsp3) is 0.333. The van der Waals surface area contributed by atoms with Crippen LogP contribution < -0.4 is 15.0 Å². The Hall–Kier alpha value is -2.44. The van der Waals surface area contributed by atoms with E-state index in [0.717, 1.165) is 23.4 Å². The molecular weight excluding hydrogens is 360 g/mol. The smallest absolute Gasteiger partial charge is 0.410 e. The largest absolute Gasteiger partial charge is 0.419 e. The van der Waals surface area contributed by atoms with E-state index in [9.17, 15) is 4.79 Å². The van der Waals surface area contributed by atoms with Crippen LogP contribution in [0.25, 0.3) is 0 Å². The Morgan fingerprint density at radius 2 is 1.93 bits per heavy atom. The average Bonchev–Trinajstić information content (AvgIpc) is 2.61. The fourth-order valence-electron chi connectivity index (χ4n) is 2.52. The van der Waals surface area contributed by atoms with Gasteiger partial charge in [-0.05, 0) is 50.1 Å². The Balaban J connectivity index is 2.14. The zero-order valence-electron chi connectivity index (χ0n) is 16.0. The molecule has 0 aliphatic rings. The van der Waals surface area contributed by atoms with Crippen molar-refractivity contribution in [1.82, 2.24) is 0 Å². The molecule has 0 aromatic heterocycles. The van der Waals surface area contributed by atoms with Crippen molar-refractivity contribution in [3.05, 3.63) is 54.1 Å². The summed E-state index contributed by atoms with van der Waals surface area (Å²) in [4.78, 5) is 15.1. The van der Waals surface area contributed by atoms with Crippen molar-refractivity contribution in [3.8, 4) is 5.75 Å². The van der Waals surface area contributed by atoms with Gasteiger partial charge < -0.3 is 14.8 Å². The van der Waals surface area contributed by atoms with E-state index in [1.807, 2.05) is 43.3 Å². The molecule has 1 amide bonds. The number of anilines is 2. The Morgan fingerprint density at radius 1 is 1.15 bits per heavy atom. The van der Waals surface area contributed by atoms with Gasteiger partial charge in [0.1, 0.15) is 5.75 Å². The SMILES string of the molecule is CCCOCCN(C(=O)Oc1cccc(NC(C)=S)c1)c1cccc(C)c1. The second-order valence-electron chi connectivity index (χ2n) is 6.18. The highest BCUT2D eigenvalue weighted by molar-refractivity contribution is 7.80. The molecule has 0 atom stereocenters. The van der Waals surface area contributed by atoms with Gasteiger partial charge in [0, 0.05) is 24.0 Å².